The highest BCUT2D eigenvalue weighted by molar-refractivity contribution is 5.94. The quantitative estimate of drug-likeness (QED) is 0.653. The second kappa shape index (κ2) is 6.70. The molecule has 2 aromatic carbocycles. The van der Waals surface area contributed by atoms with E-state index in [0.29, 0.717) is 24.2 Å². The number of carbonyl (C=O) groups is 2. The van der Waals surface area contributed by atoms with Crippen LogP contribution in [0.1, 0.15) is 28.4 Å². The molecule has 4 nitrogen and oxygen atoms in total. The second-order valence-corrected chi connectivity index (χ2v) is 4.95. The zero-order chi connectivity index (χ0) is 15.2. The minimum atomic E-state index is -0.0459. The summed E-state index contributed by atoms with van der Waals surface area (Å²) >= 11 is 0. The van der Waals surface area contributed by atoms with Crippen molar-refractivity contribution in [2.75, 3.05) is 5.73 Å². The fourth-order valence-electron chi connectivity index (χ4n) is 1.94. The summed E-state index contributed by atoms with van der Waals surface area (Å²) in [7, 11) is 0. The average molecular weight is 282 g/mol. The first kappa shape index (κ1) is 14.8. The van der Waals surface area contributed by atoms with Crippen molar-refractivity contribution in [2.45, 2.75) is 19.9 Å². The summed E-state index contributed by atoms with van der Waals surface area (Å²) in [4.78, 5) is 23.0. The molecule has 108 valence electrons. The Morgan fingerprint density at radius 2 is 1.52 bits per heavy atom. The fourth-order valence-corrected chi connectivity index (χ4v) is 1.94. The van der Waals surface area contributed by atoms with E-state index < -0.39 is 0 Å². The number of nitrogens with two attached hydrogens (primary N) is 1. The monoisotopic (exact) mass is 282 g/mol. The first-order chi connectivity index (χ1) is 10.0. The highest BCUT2D eigenvalue weighted by Crippen LogP contribution is 2.07. The highest BCUT2D eigenvalue weighted by Gasteiger charge is 2.04. The molecule has 0 heterocycles. The maximum atomic E-state index is 11.8. The molecule has 0 spiro atoms. The third kappa shape index (κ3) is 4.45. The maximum Gasteiger partial charge on any atom is 0.224 e. The summed E-state index contributed by atoms with van der Waals surface area (Å²) in [6.07, 6.45) is 0.325. The third-order valence-electron chi connectivity index (χ3n) is 3.19. The number of Topliss-reactive ketones (excluding diaryl/α,β-unsaturated/α-hetero) is 1. The van der Waals surface area contributed by atoms with Gasteiger partial charge >= 0.3 is 0 Å². The van der Waals surface area contributed by atoms with Gasteiger partial charge in [-0.1, -0.05) is 36.4 Å². The molecular weight excluding hydrogens is 264 g/mol. The van der Waals surface area contributed by atoms with Gasteiger partial charge in [0.25, 0.3) is 0 Å². The number of nitrogen functional groups attached to an aromatic ring is 1. The van der Waals surface area contributed by atoms with E-state index in [0.717, 1.165) is 11.1 Å². The Kier molecular flexibility index (Phi) is 4.72. The van der Waals surface area contributed by atoms with Gasteiger partial charge in [-0.3, -0.25) is 9.59 Å². The standard InChI is InChI=1S/C17H18N2O2/c1-12(20)15-6-2-14(3-7-15)11-19-17(21)10-13-4-8-16(18)9-5-13/h2-9H,10-11,18H2,1H3,(H,19,21). The summed E-state index contributed by atoms with van der Waals surface area (Å²) in [5, 5.41) is 2.86. The first-order valence-corrected chi connectivity index (χ1v) is 6.75. The number of carbonyl (C=O) groups excluding carboxylic acids is 2. The summed E-state index contributed by atoms with van der Waals surface area (Å²) in [5.74, 6) is -0.00986. The van der Waals surface area contributed by atoms with Crippen LogP contribution < -0.4 is 11.1 Å². The van der Waals surface area contributed by atoms with Gasteiger partial charge in [0.1, 0.15) is 0 Å². The van der Waals surface area contributed by atoms with Crippen molar-refractivity contribution in [1.29, 1.82) is 0 Å². The van der Waals surface area contributed by atoms with Gasteiger partial charge in [-0.2, -0.15) is 0 Å². The van der Waals surface area contributed by atoms with Crippen LogP contribution in [-0.2, 0) is 17.8 Å². The molecule has 0 aliphatic carbocycles. The molecule has 0 saturated carbocycles. The average Bonchev–Trinajstić information content (AvgIpc) is 2.48. The highest BCUT2D eigenvalue weighted by atomic mass is 16.1. The van der Waals surface area contributed by atoms with E-state index in [1.807, 2.05) is 24.3 Å². The summed E-state index contributed by atoms with van der Waals surface area (Å²) in [5.41, 5.74) is 8.85. The molecule has 2 aromatic rings. The number of anilines is 1. The van der Waals surface area contributed by atoms with Crippen LogP contribution >= 0.6 is 0 Å². The molecule has 0 aliphatic rings. The number of rotatable bonds is 5. The molecule has 2 rings (SSSR count). The second-order valence-electron chi connectivity index (χ2n) is 4.95. The van der Waals surface area contributed by atoms with Crippen molar-refractivity contribution in [3.63, 3.8) is 0 Å². The normalized spacial score (nSPS) is 10.1. The zero-order valence-corrected chi connectivity index (χ0v) is 11.9. The number of hydrogen-bond donors (Lipinski definition) is 2. The van der Waals surface area contributed by atoms with Gasteiger partial charge in [0.15, 0.2) is 5.78 Å². The van der Waals surface area contributed by atoms with E-state index in [1.54, 1.807) is 24.3 Å². The molecule has 21 heavy (non-hydrogen) atoms. The smallest absolute Gasteiger partial charge is 0.224 e. The number of amides is 1. The molecule has 0 aliphatic heterocycles. The fraction of sp³-hybridized carbons (Fsp3) is 0.176. The van der Waals surface area contributed by atoms with Crippen LogP contribution in [0.25, 0.3) is 0 Å². The van der Waals surface area contributed by atoms with Crippen LogP contribution in [0.2, 0.25) is 0 Å². The summed E-state index contributed by atoms with van der Waals surface area (Å²) < 4.78 is 0. The Hall–Kier alpha value is -2.62. The van der Waals surface area contributed by atoms with E-state index in [-0.39, 0.29) is 11.7 Å². The van der Waals surface area contributed by atoms with E-state index in [1.165, 1.54) is 6.92 Å². The van der Waals surface area contributed by atoms with Crippen LogP contribution in [-0.4, -0.2) is 11.7 Å². The topological polar surface area (TPSA) is 72.2 Å². The summed E-state index contributed by atoms with van der Waals surface area (Å²) in [6, 6.07) is 14.5. The minimum absolute atomic E-state index is 0.0361. The van der Waals surface area contributed by atoms with Crippen LogP contribution in [0.5, 0.6) is 0 Å². The Morgan fingerprint density at radius 3 is 2.10 bits per heavy atom. The van der Waals surface area contributed by atoms with Gasteiger partial charge in [-0.25, -0.2) is 0 Å². The molecular formula is C17H18N2O2. The predicted octanol–water partition coefficient (Wildman–Crippen LogP) is 2.33. The van der Waals surface area contributed by atoms with Crippen molar-refractivity contribution < 1.29 is 9.59 Å². The largest absolute Gasteiger partial charge is 0.399 e. The Balaban J connectivity index is 1.86. The van der Waals surface area contributed by atoms with E-state index in [2.05, 4.69) is 5.32 Å². The minimum Gasteiger partial charge on any atom is -0.399 e. The lowest BCUT2D eigenvalue weighted by Crippen LogP contribution is -2.24. The lowest BCUT2D eigenvalue weighted by molar-refractivity contribution is -0.120. The summed E-state index contributed by atoms with van der Waals surface area (Å²) in [6.45, 7) is 1.98. The lowest BCUT2D eigenvalue weighted by atomic mass is 10.1. The molecule has 3 N–H and O–H groups in total. The van der Waals surface area contributed by atoms with Gasteiger partial charge in [-0.05, 0) is 30.2 Å². The molecule has 0 fully saturated rings. The van der Waals surface area contributed by atoms with Crippen LogP contribution in [0.4, 0.5) is 5.69 Å². The van der Waals surface area contributed by atoms with Gasteiger partial charge < -0.3 is 11.1 Å². The molecule has 0 radical (unpaired) electrons. The number of nitrogens with one attached hydrogen (secondary N) is 1. The molecule has 0 bridgehead atoms. The van der Waals surface area contributed by atoms with E-state index in [9.17, 15) is 9.59 Å². The lowest BCUT2D eigenvalue weighted by Gasteiger charge is -2.06. The van der Waals surface area contributed by atoms with Crippen LogP contribution in [0, 0.1) is 0 Å². The maximum absolute atomic E-state index is 11.8. The number of benzene rings is 2. The third-order valence-corrected chi connectivity index (χ3v) is 3.19. The Labute approximate surface area is 124 Å². The van der Waals surface area contributed by atoms with Crippen molar-refractivity contribution in [1.82, 2.24) is 5.32 Å². The molecule has 1 amide bonds. The van der Waals surface area contributed by atoms with Gasteiger partial charge in [0.2, 0.25) is 5.91 Å². The molecule has 0 unspecified atom stereocenters. The molecule has 4 heteroatoms. The van der Waals surface area contributed by atoms with E-state index >= 15 is 0 Å². The van der Waals surface area contributed by atoms with Gasteiger partial charge in [-0.15, -0.1) is 0 Å². The van der Waals surface area contributed by atoms with Crippen LogP contribution in [0.15, 0.2) is 48.5 Å². The van der Waals surface area contributed by atoms with Gasteiger partial charge in [0, 0.05) is 17.8 Å². The number of hydrogen-bond acceptors (Lipinski definition) is 3. The molecule has 0 aromatic heterocycles. The van der Waals surface area contributed by atoms with Crippen molar-refractivity contribution >= 4 is 17.4 Å². The van der Waals surface area contributed by atoms with Crippen molar-refractivity contribution in [3.05, 3.63) is 65.2 Å². The number of ketones is 1. The predicted molar refractivity (Wildman–Crippen MR) is 82.9 cm³/mol. The molecule has 0 saturated heterocycles. The van der Waals surface area contributed by atoms with Crippen molar-refractivity contribution in [2.24, 2.45) is 0 Å². The zero-order valence-electron chi connectivity index (χ0n) is 11.9. The Morgan fingerprint density at radius 1 is 0.952 bits per heavy atom. The molecule has 0 atom stereocenters. The van der Waals surface area contributed by atoms with Gasteiger partial charge in [0.05, 0.1) is 6.42 Å². The van der Waals surface area contributed by atoms with Crippen molar-refractivity contribution in [3.8, 4) is 0 Å². The first-order valence-electron chi connectivity index (χ1n) is 6.75. The van der Waals surface area contributed by atoms with Crippen LogP contribution in [0.3, 0.4) is 0 Å². The SMILES string of the molecule is CC(=O)c1ccc(CNC(=O)Cc2ccc(N)cc2)cc1. The van der Waals surface area contributed by atoms with E-state index in [4.69, 9.17) is 5.73 Å². The Bertz CT molecular complexity index is 631.